The molecular weight excluding hydrogens is 469 g/mol. The molecule has 3 saturated heterocycles. The lowest BCUT2D eigenvalue weighted by atomic mass is 10.1. The molecule has 28 heavy (non-hydrogen) atoms. The summed E-state index contributed by atoms with van der Waals surface area (Å²) in [6.07, 6.45) is 2.70. The van der Waals surface area contributed by atoms with Crippen molar-refractivity contribution in [3.8, 4) is 0 Å². The van der Waals surface area contributed by atoms with E-state index in [1.165, 1.54) is 26.2 Å². The van der Waals surface area contributed by atoms with Crippen LogP contribution in [0.4, 0.5) is 0 Å². The molecule has 0 aromatic heterocycles. The van der Waals surface area contributed by atoms with Gasteiger partial charge in [0, 0.05) is 65.5 Å². The van der Waals surface area contributed by atoms with E-state index < -0.39 is 0 Å². The van der Waals surface area contributed by atoms with Gasteiger partial charge in [-0.1, -0.05) is 6.92 Å². The van der Waals surface area contributed by atoms with Gasteiger partial charge in [-0.15, -0.1) is 24.0 Å². The van der Waals surface area contributed by atoms with Crippen LogP contribution in [0.3, 0.4) is 0 Å². The standard InChI is InChI=1S/C20H39N5O2.HI/c1-4-21-20(22-14-17(2)15-24-9-7-23(3)8-10-24)25-11-13-27-19(16-25)18-6-5-12-26-18;/h17-19H,4-16H2,1-3H3,(H,21,22);1H. The average Bonchev–Trinajstić information content (AvgIpc) is 3.22. The largest absolute Gasteiger partial charge is 0.375 e. The minimum absolute atomic E-state index is 0. The Balaban J connectivity index is 0.00000280. The summed E-state index contributed by atoms with van der Waals surface area (Å²) in [5.74, 6) is 1.60. The summed E-state index contributed by atoms with van der Waals surface area (Å²) >= 11 is 0. The van der Waals surface area contributed by atoms with Crippen molar-refractivity contribution in [2.45, 2.75) is 38.9 Å². The molecule has 0 aliphatic carbocycles. The van der Waals surface area contributed by atoms with Gasteiger partial charge in [0.15, 0.2) is 5.96 Å². The normalized spacial score (nSPS) is 28.8. The molecule has 3 fully saturated rings. The van der Waals surface area contributed by atoms with Crippen LogP contribution >= 0.6 is 24.0 Å². The van der Waals surface area contributed by atoms with Gasteiger partial charge in [-0.05, 0) is 32.7 Å². The van der Waals surface area contributed by atoms with Crippen molar-refractivity contribution in [2.75, 3.05) is 79.2 Å². The summed E-state index contributed by atoms with van der Waals surface area (Å²) in [7, 11) is 2.21. The third kappa shape index (κ3) is 7.27. The van der Waals surface area contributed by atoms with E-state index >= 15 is 0 Å². The van der Waals surface area contributed by atoms with Crippen molar-refractivity contribution < 1.29 is 9.47 Å². The zero-order valence-corrected chi connectivity index (χ0v) is 20.3. The van der Waals surface area contributed by atoms with Crippen molar-refractivity contribution in [2.24, 2.45) is 10.9 Å². The predicted octanol–water partition coefficient (Wildman–Crippen LogP) is 1.33. The van der Waals surface area contributed by atoms with Crippen molar-refractivity contribution in [1.82, 2.24) is 20.0 Å². The third-order valence-electron chi connectivity index (χ3n) is 5.83. The van der Waals surface area contributed by atoms with Gasteiger partial charge in [-0.25, -0.2) is 0 Å². The first-order valence-corrected chi connectivity index (χ1v) is 10.8. The molecule has 3 unspecified atom stereocenters. The van der Waals surface area contributed by atoms with Crippen LogP contribution in [0, 0.1) is 5.92 Å². The molecule has 1 N–H and O–H groups in total. The van der Waals surface area contributed by atoms with Gasteiger partial charge >= 0.3 is 0 Å². The lowest BCUT2D eigenvalue weighted by molar-refractivity contribution is -0.0817. The van der Waals surface area contributed by atoms with Crippen LogP contribution in [0.2, 0.25) is 0 Å². The number of nitrogens with one attached hydrogen (secondary N) is 1. The smallest absolute Gasteiger partial charge is 0.194 e. The number of guanidine groups is 1. The summed E-state index contributed by atoms with van der Waals surface area (Å²) in [6.45, 7) is 15.5. The van der Waals surface area contributed by atoms with E-state index in [4.69, 9.17) is 14.5 Å². The van der Waals surface area contributed by atoms with Crippen LogP contribution in [0.25, 0.3) is 0 Å². The van der Waals surface area contributed by atoms with Gasteiger partial charge in [0.25, 0.3) is 0 Å². The minimum Gasteiger partial charge on any atom is -0.375 e. The highest BCUT2D eigenvalue weighted by molar-refractivity contribution is 14.0. The number of aliphatic imine (C=N–C) groups is 1. The first kappa shape index (κ1) is 24.1. The number of ether oxygens (including phenoxy) is 2. The minimum atomic E-state index is 0. The Hall–Kier alpha value is -0.160. The van der Waals surface area contributed by atoms with Crippen molar-refractivity contribution in [3.05, 3.63) is 0 Å². The highest BCUT2D eigenvalue weighted by Crippen LogP contribution is 2.21. The van der Waals surface area contributed by atoms with Crippen molar-refractivity contribution >= 4 is 29.9 Å². The topological polar surface area (TPSA) is 52.6 Å². The molecule has 0 saturated carbocycles. The summed E-state index contributed by atoms with van der Waals surface area (Å²) in [6, 6.07) is 0. The highest BCUT2D eigenvalue weighted by Gasteiger charge is 2.32. The number of morpholine rings is 1. The zero-order valence-electron chi connectivity index (χ0n) is 17.9. The van der Waals surface area contributed by atoms with Gasteiger partial charge in [0.1, 0.15) is 6.10 Å². The molecule has 8 heteroatoms. The van der Waals surface area contributed by atoms with Crippen LogP contribution in [-0.4, -0.2) is 112 Å². The quantitative estimate of drug-likeness (QED) is 0.332. The maximum absolute atomic E-state index is 6.00. The Kier molecular flexibility index (Phi) is 10.8. The molecular formula is C20H40IN5O2. The first-order valence-electron chi connectivity index (χ1n) is 10.8. The van der Waals surface area contributed by atoms with Crippen LogP contribution in [-0.2, 0) is 9.47 Å². The molecule has 0 radical (unpaired) electrons. The average molecular weight is 509 g/mol. The van der Waals surface area contributed by atoms with Crippen LogP contribution in [0.1, 0.15) is 26.7 Å². The van der Waals surface area contributed by atoms with E-state index in [1.54, 1.807) is 0 Å². The lowest BCUT2D eigenvalue weighted by Crippen LogP contribution is -2.53. The van der Waals surface area contributed by atoms with E-state index in [1.807, 2.05) is 0 Å². The Morgan fingerprint density at radius 2 is 1.86 bits per heavy atom. The van der Waals surface area contributed by atoms with Crippen LogP contribution in [0.15, 0.2) is 4.99 Å². The molecule has 3 atom stereocenters. The molecule has 3 heterocycles. The molecule has 0 amide bonds. The monoisotopic (exact) mass is 509 g/mol. The fourth-order valence-corrected chi connectivity index (χ4v) is 4.19. The predicted molar refractivity (Wildman–Crippen MR) is 125 cm³/mol. The Labute approximate surface area is 188 Å². The summed E-state index contributed by atoms with van der Waals surface area (Å²) in [5, 5.41) is 3.49. The Morgan fingerprint density at radius 3 is 2.54 bits per heavy atom. The zero-order chi connectivity index (χ0) is 19.1. The van der Waals surface area contributed by atoms with Gasteiger partial charge in [0.05, 0.1) is 12.7 Å². The maximum Gasteiger partial charge on any atom is 0.194 e. The third-order valence-corrected chi connectivity index (χ3v) is 5.83. The molecule has 7 nitrogen and oxygen atoms in total. The van der Waals surface area contributed by atoms with Crippen molar-refractivity contribution in [1.29, 1.82) is 0 Å². The molecule has 0 bridgehead atoms. The first-order chi connectivity index (χ1) is 13.2. The molecule has 0 aromatic rings. The van der Waals surface area contributed by atoms with E-state index in [0.29, 0.717) is 5.92 Å². The number of piperazine rings is 1. The molecule has 0 spiro atoms. The number of nitrogens with zero attached hydrogens (tertiary/aromatic N) is 4. The molecule has 3 rings (SSSR count). The van der Waals surface area contributed by atoms with Gasteiger partial charge in [-0.2, -0.15) is 0 Å². The fraction of sp³-hybridized carbons (Fsp3) is 0.950. The van der Waals surface area contributed by atoms with E-state index in [0.717, 1.165) is 64.7 Å². The number of hydrogen-bond donors (Lipinski definition) is 1. The van der Waals surface area contributed by atoms with E-state index in [9.17, 15) is 0 Å². The van der Waals surface area contributed by atoms with Crippen LogP contribution in [0.5, 0.6) is 0 Å². The number of likely N-dealkylation sites (N-methyl/N-ethyl adjacent to an activating group) is 1. The Morgan fingerprint density at radius 1 is 1.11 bits per heavy atom. The van der Waals surface area contributed by atoms with Crippen LogP contribution < -0.4 is 5.32 Å². The number of rotatable bonds is 6. The molecule has 0 aromatic carbocycles. The second-order valence-corrected chi connectivity index (χ2v) is 8.31. The summed E-state index contributed by atoms with van der Waals surface area (Å²) in [5.41, 5.74) is 0. The second kappa shape index (κ2) is 12.5. The van der Waals surface area contributed by atoms with Gasteiger partial charge < -0.3 is 29.5 Å². The van der Waals surface area contributed by atoms with E-state index in [-0.39, 0.29) is 36.2 Å². The highest BCUT2D eigenvalue weighted by atomic mass is 127. The fourth-order valence-electron chi connectivity index (χ4n) is 4.19. The maximum atomic E-state index is 6.00. The molecule has 3 aliphatic rings. The number of halogens is 1. The summed E-state index contributed by atoms with van der Waals surface area (Å²) < 4.78 is 11.8. The Bertz CT molecular complexity index is 468. The SMILES string of the molecule is CCNC(=NCC(C)CN1CCN(C)CC1)N1CCOC(C2CCCO2)C1.I. The number of hydrogen-bond acceptors (Lipinski definition) is 5. The van der Waals surface area contributed by atoms with Gasteiger partial charge in [-0.3, -0.25) is 4.99 Å². The molecule has 3 aliphatic heterocycles. The summed E-state index contributed by atoms with van der Waals surface area (Å²) in [4.78, 5) is 12.3. The second-order valence-electron chi connectivity index (χ2n) is 8.31. The lowest BCUT2D eigenvalue weighted by Gasteiger charge is -2.37. The van der Waals surface area contributed by atoms with Crippen molar-refractivity contribution in [3.63, 3.8) is 0 Å². The van der Waals surface area contributed by atoms with E-state index in [2.05, 4.69) is 40.9 Å². The van der Waals surface area contributed by atoms with Gasteiger partial charge in [0.2, 0.25) is 0 Å². The molecule has 164 valence electrons.